The number of halogens is 4. The minimum absolute atomic E-state index is 0.235. The van der Waals surface area contributed by atoms with Crippen molar-refractivity contribution in [2.24, 2.45) is 0 Å². The van der Waals surface area contributed by atoms with Crippen molar-refractivity contribution in [3.05, 3.63) is 70.7 Å². The van der Waals surface area contributed by atoms with Crippen molar-refractivity contribution in [2.75, 3.05) is 0 Å². The SMILES string of the molecule is CC(=O)Oc1cccc(-c2csc(-n3nc(C(F)(F)F)cc3-c3ccc(Cl)cc3)n2)c1. The lowest BCUT2D eigenvalue weighted by Crippen LogP contribution is -2.07. The van der Waals surface area contributed by atoms with Gasteiger partial charge in [-0.25, -0.2) is 9.67 Å². The van der Waals surface area contributed by atoms with Crippen molar-refractivity contribution in [1.29, 1.82) is 0 Å². The molecular formula is C21H13ClF3N3O2S. The van der Waals surface area contributed by atoms with Gasteiger partial charge < -0.3 is 4.74 Å². The van der Waals surface area contributed by atoms with E-state index in [4.69, 9.17) is 16.3 Å². The zero-order chi connectivity index (χ0) is 22.2. The van der Waals surface area contributed by atoms with Crippen molar-refractivity contribution >= 4 is 28.9 Å². The molecule has 2 aromatic carbocycles. The molecule has 0 atom stereocenters. The van der Waals surface area contributed by atoms with Crippen LogP contribution in [0.25, 0.3) is 27.6 Å². The normalized spacial score (nSPS) is 11.5. The molecule has 0 saturated heterocycles. The van der Waals surface area contributed by atoms with Gasteiger partial charge in [0.05, 0.1) is 11.4 Å². The van der Waals surface area contributed by atoms with E-state index in [1.165, 1.54) is 6.92 Å². The van der Waals surface area contributed by atoms with E-state index in [9.17, 15) is 18.0 Å². The van der Waals surface area contributed by atoms with Gasteiger partial charge in [0.25, 0.3) is 0 Å². The predicted octanol–water partition coefficient (Wildman–Crippen LogP) is 6.26. The van der Waals surface area contributed by atoms with Crippen LogP contribution in [0.4, 0.5) is 13.2 Å². The lowest BCUT2D eigenvalue weighted by atomic mass is 10.1. The molecule has 4 rings (SSSR count). The molecule has 0 saturated carbocycles. The second-order valence-electron chi connectivity index (χ2n) is 6.47. The van der Waals surface area contributed by atoms with Gasteiger partial charge in [-0.15, -0.1) is 11.3 Å². The summed E-state index contributed by atoms with van der Waals surface area (Å²) < 4.78 is 46.3. The van der Waals surface area contributed by atoms with E-state index >= 15 is 0 Å². The lowest BCUT2D eigenvalue weighted by Gasteiger charge is -2.05. The molecule has 0 aliphatic rings. The third kappa shape index (κ3) is 4.62. The van der Waals surface area contributed by atoms with Crippen molar-refractivity contribution < 1.29 is 22.7 Å². The van der Waals surface area contributed by atoms with Gasteiger partial charge in [-0.05, 0) is 30.3 Å². The van der Waals surface area contributed by atoms with Gasteiger partial charge in [-0.3, -0.25) is 4.79 Å². The summed E-state index contributed by atoms with van der Waals surface area (Å²) in [6.45, 7) is 1.29. The molecular weight excluding hydrogens is 451 g/mol. The summed E-state index contributed by atoms with van der Waals surface area (Å²) in [4.78, 5) is 15.6. The fourth-order valence-corrected chi connectivity index (χ4v) is 3.79. The highest BCUT2D eigenvalue weighted by molar-refractivity contribution is 7.12. The summed E-state index contributed by atoms with van der Waals surface area (Å²) in [5, 5.41) is 6.17. The van der Waals surface area contributed by atoms with Crippen LogP contribution in [0.3, 0.4) is 0 Å². The first-order valence-corrected chi connectivity index (χ1v) is 10.1. The van der Waals surface area contributed by atoms with Crippen LogP contribution in [-0.4, -0.2) is 20.7 Å². The molecule has 0 aliphatic heterocycles. The fourth-order valence-electron chi connectivity index (χ4n) is 2.87. The van der Waals surface area contributed by atoms with Crippen molar-refractivity contribution in [2.45, 2.75) is 13.1 Å². The van der Waals surface area contributed by atoms with Gasteiger partial charge in [0, 0.05) is 28.5 Å². The van der Waals surface area contributed by atoms with Crippen LogP contribution in [-0.2, 0) is 11.0 Å². The van der Waals surface area contributed by atoms with Crippen LogP contribution in [0.15, 0.2) is 60.0 Å². The molecule has 0 N–H and O–H groups in total. The van der Waals surface area contributed by atoms with Crippen LogP contribution in [0.2, 0.25) is 5.02 Å². The third-order valence-electron chi connectivity index (χ3n) is 4.20. The Morgan fingerprint density at radius 2 is 1.84 bits per heavy atom. The first-order chi connectivity index (χ1) is 14.7. The monoisotopic (exact) mass is 463 g/mol. The molecule has 31 heavy (non-hydrogen) atoms. The Morgan fingerprint density at radius 3 is 2.52 bits per heavy atom. The Labute approximate surface area is 183 Å². The largest absolute Gasteiger partial charge is 0.435 e. The second-order valence-corrected chi connectivity index (χ2v) is 7.74. The number of nitrogens with zero attached hydrogens (tertiary/aromatic N) is 3. The average molecular weight is 464 g/mol. The Kier molecular flexibility index (Phi) is 5.55. The zero-order valence-electron chi connectivity index (χ0n) is 15.9. The highest BCUT2D eigenvalue weighted by Gasteiger charge is 2.35. The molecule has 158 valence electrons. The molecule has 5 nitrogen and oxygen atoms in total. The van der Waals surface area contributed by atoms with E-state index in [0.717, 1.165) is 22.1 Å². The maximum atomic E-state index is 13.3. The number of hydrogen-bond donors (Lipinski definition) is 0. The van der Waals surface area contributed by atoms with Gasteiger partial charge >= 0.3 is 12.1 Å². The molecule has 4 aromatic rings. The van der Waals surface area contributed by atoms with Gasteiger partial charge in [-0.1, -0.05) is 35.9 Å². The molecule has 2 heterocycles. The number of hydrogen-bond acceptors (Lipinski definition) is 5. The number of alkyl halides is 3. The summed E-state index contributed by atoms with van der Waals surface area (Å²) in [6, 6.07) is 14.1. The summed E-state index contributed by atoms with van der Waals surface area (Å²) in [6.07, 6.45) is -4.61. The van der Waals surface area contributed by atoms with Gasteiger partial charge in [0.2, 0.25) is 5.13 Å². The van der Waals surface area contributed by atoms with E-state index in [0.29, 0.717) is 27.6 Å². The number of aromatic nitrogens is 3. The van der Waals surface area contributed by atoms with E-state index in [2.05, 4.69) is 10.1 Å². The molecule has 0 spiro atoms. The van der Waals surface area contributed by atoms with Crippen LogP contribution in [0.5, 0.6) is 5.75 Å². The van der Waals surface area contributed by atoms with Crippen LogP contribution in [0.1, 0.15) is 12.6 Å². The number of carbonyl (C=O) groups is 1. The molecule has 0 bridgehead atoms. The number of carbonyl (C=O) groups excluding carboxylic acids is 1. The predicted molar refractivity (Wildman–Crippen MR) is 111 cm³/mol. The van der Waals surface area contributed by atoms with Gasteiger partial charge in [0.15, 0.2) is 5.69 Å². The summed E-state index contributed by atoms with van der Waals surface area (Å²) >= 11 is 7.05. The minimum Gasteiger partial charge on any atom is -0.427 e. The first-order valence-electron chi connectivity index (χ1n) is 8.88. The van der Waals surface area contributed by atoms with Crippen LogP contribution >= 0.6 is 22.9 Å². The Bertz CT molecular complexity index is 1250. The summed E-state index contributed by atoms with van der Waals surface area (Å²) in [7, 11) is 0. The number of ether oxygens (including phenoxy) is 1. The van der Waals surface area contributed by atoms with E-state index in [1.807, 2.05) is 0 Å². The number of esters is 1. The molecule has 10 heteroatoms. The molecule has 0 radical (unpaired) electrons. The molecule has 0 amide bonds. The zero-order valence-corrected chi connectivity index (χ0v) is 17.4. The average Bonchev–Trinajstić information content (AvgIpc) is 3.35. The topological polar surface area (TPSA) is 57.0 Å². The first kappa shape index (κ1) is 21.1. The highest BCUT2D eigenvalue weighted by Crippen LogP contribution is 2.35. The highest BCUT2D eigenvalue weighted by atomic mass is 35.5. The smallest absolute Gasteiger partial charge is 0.427 e. The number of thiazole rings is 1. The number of benzene rings is 2. The van der Waals surface area contributed by atoms with Gasteiger partial charge in [-0.2, -0.15) is 18.3 Å². The maximum Gasteiger partial charge on any atom is 0.435 e. The third-order valence-corrected chi connectivity index (χ3v) is 5.27. The van der Waals surface area contributed by atoms with Gasteiger partial charge in [0.1, 0.15) is 5.75 Å². The molecule has 0 unspecified atom stereocenters. The second kappa shape index (κ2) is 8.16. The Morgan fingerprint density at radius 1 is 1.10 bits per heavy atom. The summed E-state index contributed by atoms with van der Waals surface area (Å²) in [5.74, 6) is -0.111. The Balaban J connectivity index is 1.77. The standard InChI is InChI=1S/C21H13ClF3N3O2S/c1-12(29)30-16-4-2-3-14(9-16)17-11-31-20(26-17)28-18(10-19(27-28)21(23,24)25)13-5-7-15(22)8-6-13/h2-11H,1H3. The number of rotatable bonds is 4. The summed E-state index contributed by atoms with van der Waals surface area (Å²) in [5.41, 5.74) is 0.892. The minimum atomic E-state index is -4.61. The van der Waals surface area contributed by atoms with E-state index < -0.39 is 17.8 Å². The molecule has 2 aromatic heterocycles. The Hall–Kier alpha value is -3.17. The van der Waals surface area contributed by atoms with E-state index in [-0.39, 0.29) is 10.8 Å². The van der Waals surface area contributed by atoms with Crippen molar-refractivity contribution in [1.82, 2.24) is 14.8 Å². The van der Waals surface area contributed by atoms with E-state index in [1.54, 1.807) is 53.9 Å². The molecule has 0 fully saturated rings. The fraction of sp³-hybridized carbons (Fsp3) is 0.0952. The van der Waals surface area contributed by atoms with Crippen LogP contribution in [0, 0.1) is 0 Å². The maximum absolute atomic E-state index is 13.3. The van der Waals surface area contributed by atoms with Crippen molar-refractivity contribution in [3.63, 3.8) is 0 Å². The van der Waals surface area contributed by atoms with Crippen LogP contribution < -0.4 is 4.74 Å². The molecule has 0 aliphatic carbocycles. The quantitative estimate of drug-likeness (QED) is 0.265. The lowest BCUT2D eigenvalue weighted by molar-refractivity contribution is -0.141. The van der Waals surface area contributed by atoms with Crippen molar-refractivity contribution in [3.8, 4) is 33.4 Å².